The first kappa shape index (κ1) is 27.0. The Bertz CT molecular complexity index is 800. The third-order valence-corrected chi connectivity index (χ3v) is 6.86. The van der Waals surface area contributed by atoms with E-state index in [1.807, 2.05) is 24.4 Å². The van der Waals surface area contributed by atoms with Crippen LogP contribution in [0.4, 0.5) is 0 Å². The fraction of sp³-hybridized carbons (Fsp3) is 0.542. The van der Waals surface area contributed by atoms with Crippen molar-refractivity contribution in [2.75, 3.05) is 52.9 Å². The Morgan fingerprint density at radius 2 is 1.97 bits per heavy atom. The number of halogens is 1. The molecule has 1 aliphatic rings. The summed E-state index contributed by atoms with van der Waals surface area (Å²) >= 11 is 1.56. The molecule has 1 aromatic carbocycles. The summed E-state index contributed by atoms with van der Waals surface area (Å²) in [6, 6.07) is 15.2. The van der Waals surface area contributed by atoms with Crippen LogP contribution in [0.1, 0.15) is 36.8 Å². The highest BCUT2D eigenvalue weighted by Crippen LogP contribution is 2.26. The topological polar surface area (TPSA) is 63.1 Å². The zero-order chi connectivity index (χ0) is 22.1. The average molecular weight is 572 g/mol. The van der Waals surface area contributed by atoms with Crippen molar-refractivity contribution in [3.8, 4) is 0 Å². The van der Waals surface area contributed by atoms with Crippen molar-refractivity contribution in [2.45, 2.75) is 31.9 Å². The second kappa shape index (κ2) is 13.5. The molecule has 1 fully saturated rings. The van der Waals surface area contributed by atoms with E-state index < -0.39 is 5.60 Å². The second-order valence-corrected chi connectivity index (χ2v) is 9.40. The summed E-state index contributed by atoms with van der Waals surface area (Å²) in [5.41, 5.74) is 0.451. The SMILES string of the molecule is CCNC(=NCC(C)(O)c1cccs1)NCCCN1CCN(C)CC1c1ccccc1.I. The first-order valence-corrected chi connectivity index (χ1v) is 12.1. The van der Waals surface area contributed by atoms with E-state index in [9.17, 15) is 5.11 Å². The molecule has 0 bridgehead atoms. The minimum Gasteiger partial charge on any atom is -0.383 e. The normalized spacial score (nSPS) is 19.8. The van der Waals surface area contributed by atoms with Crippen LogP contribution in [0.15, 0.2) is 52.8 Å². The van der Waals surface area contributed by atoms with Crippen molar-refractivity contribution in [3.05, 3.63) is 58.3 Å². The van der Waals surface area contributed by atoms with Crippen molar-refractivity contribution in [1.29, 1.82) is 0 Å². The summed E-state index contributed by atoms with van der Waals surface area (Å²) in [4.78, 5) is 10.6. The van der Waals surface area contributed by atoms with Gasteiger partial charge in [0.2, 0.25) is 0 Å². The van der Waals surface area contributed by atoms with Crippen molar-refractivity contribution in [2.24, 2.45) is 4.99 Å². The molecule has 1 saturated heterocycles. The molecule has 0 aliphatic carbocycles. The van der Waals surface area contributed by atoms with Gasteiger partial charge in [-0.15, -0.1) is 35.3 Å². The molecule has 2 unspecified atom stereocenters. The Labute approximate surface area is 214 Å². The van der Waals surface area contributed by atoms with Gasteiger partial charge in [0.15, 0.2) is 5.96 Å². The summed E-state index contributed by atoms with van der Waals surface area (Å²) in [6.07, 6.45) is 1.04. The molecule has 32 heavy (non-hydrogen) atoms. The van der Waals surface area contributed by atoms with Gasteiger partial charge in [-0.2, -0.15) is 0 Å². The van der Waals surface area contributed by atoms with E-state index in [0.717, 1.165) is 56.5 Å². The van der Waals surface area contributed by atoms with Gasteiger partial charge in [-0.3, -0.25) is 4.90 Å². The third kappa shape index (κ3) is 7.98. The van der Waals surface area contributed by atoms with Crippen LogP contribution in [0.25, 0.3) is 0 Å². The lowest BCUT2D eigenvalue weighted by Crippen LogP contribution is -2.47. The summed E-state index contributed by atoms with van der Waals surface area (Å²) in [7, 11) is 2.21. The fourth-order valence-electron chi connectivity index (χ4n) is 3.94. The zero-order valence-electron chi connectivity index (χ0n) is 19.5. The molecule has 8 heteroatoms. The lowest BCUT2D eigenvalue weighted by atomic mass is 10.0. The van der Waals surface area contributed by atoms with E-state index in [2.05, 4.69) is 69.7 Å². The molecule has 3 N–H and O–H groups in total. The molecule has 2 atom stereocenters. The van der Waals surface area contributed by atoms with Gasteiger partial charge < -0.3 is 20.6 Å². The van der Waals surface area contributed by atoms with Gasteiger partial charge in [0.1, 0.15) is 5.60 Å². The minimum atomic E-state index is -0.945. The first-order valence-electron chi connectivity index (χ1n) is 11.3. The predicted octanol–water partition coefficient (Wildman–Crippen LogP) is 3.51. The van der Waals surface area contributed by atoms with Crippen LogP contribution in [-0.4, -0.2) is 73.7 Å². The Balaban J connectivity index is 0.00000363. The molecular weight excluding hydrogens is 533 g/mol. The van der Waals surface area contributed by atoms with E-state index in [-0.39, 0.29) is 24.0 Å². The monoisotopic (exact) mass is 571 g/mol. The van der Waals surface area contributed by atoms with E-state index in [0.29, 0.717) is 12.6 Å². The van der Waals surface area contributed by atoms with Crippen molar-refractivity contribution >= 4 is 41.3 Å². The number of thiophene rings is 1. The van der Waals surface area contributed by atoms with E-state index >= 15 is 0 Å². The maximum absolute atomic E-state index is 10.7. The number of guanidine groups is 1. The number of likely N-dealkylation sites (N-methyl/N-ethyl adjacent to an activating group) is 1. The smallest absolute Gasteiger partial charge is 0.191 e. The number of hydrogen-bond donors (Lipinski definition) is 3. The Morgan fingerprint density at radius 1 is 1.19 bits per heavy atom. The van der Waals surface area contributed by atoms with E-state index in [1.165, 1.54) is 5.56 Å². The minimum absolute atomic E-state index is 0. The van der Waals surface area contributed by atoms with Crippen LogP contribution in [0, 0.1) is 0 Å². The second-order valence-electron chi connectivity index (χ2n) is 8.45. The number of aliphatic hydroxyl groups is 1. The molecule has 6 nitrogen and oxygen atoms in total. The van der Waals surface area contributed by atoms with Gasteiger partial charge in [-0.1, -0.05) is 36.4 Å². The molecular formula is C24H38IN5OS. The van der Waals surface area contributed by atoms with Crippen LogP contribution in [0.2, 0.25) is 0 Å². The summed E-state index contributed by atoms with van der Waals surface area (Å²) in [5, 5.41) is 19.4. The Morgan fingerprint density at radius 3 is 2.66 bits per heavy atom. The van der Waals surface area contributed by atoms with Crippen LogP contribution >= 0.6 is 35.3 Å². The highest BCUT2D eigenvalue weighted by molar-refractivity contribution is 14.0. The largest absolute Gasteiger partial charge is 0.383 e. The van der Waals surface area contributed by atoms with Gasteiger partial charge in [0.05, 0.1) is 6.54 Å². The van der Waals surface area contributed by atoms with Crippen molar-refractivity contribution < 1.29 is 5.11 Å². The predicted molar refractivity (Wildman–Crippen MR) is 146 cm³/mol. The Hall–Kier alpha value is -1.20. The van der Waals surface area contributed by atoms with E-state index in [1.54, 1.807) is 11.3 Å². The lowest BCUT2D eigenvalue weighted by Gasteiger charge is -2.40. The number of benzene rings is 1. The molecule has 178 valence electrons. The molecule has 1 aliphatic heterocycles. The third-order valence-electron chi connectivity index (χ3n) is 5.73. The number of nitrogens with one attached hydrogen (secondary N) is 2. The highest BCUT2D eigenvalue weighted by atomic mass is 127. The quantitative estimate of drug-likeness (QED) is 0.186. The van der Waals surface area contributed by atoms with Crippen LogP contribution in [-0.2, 0) is 5.60 Å². The van der Waals surface area contributed by atoms with Crippen molar-refractivity contribution in [3.63, 3.8) is 0 Å². The fourth-order valence-corrected chi connectivity index (χ4v) is 4.72. The number of aliphatic imine (C=N–C) groups is 1. The molecule has 2 heterocycles. The number of piperazine rings is 1. The summed E-state index contributed by atoms with van der Waals surface area (Å²) in [6.45, 7) is 10.2. The molecule has 1 aromatic heterocycles. The molecule has 0 radical (unpaired) electrons. The molecule has 2 aromatic rings. The van der Waals surface area contributed by atoms with Gasteiger partial charge in [-0.05, 0) is 44.3 Å². The van der Waals surface area contributed by atoms with Crippen molar-refractivity contribution in [1.82, 2.24) is 20.4 Å². The lowest BCUT2D eigenvalue weighted by molar-refractivity contribution is 0.0711. The van der Waals surface area contributed by atoms with E-state index in [4.69, 9.17) is 0 Å². The van der Waals surface area contributed by atoms with Gasteiger partial charge in [-0.25, -0.2) is 4.99 Å². The first-order chi connectivity index (χ1) is 15.0. The molecule has 3 rings (SSSR count). The number of nitrogens with zero attached hydrogens (tertiary/aromatic N) is 3. The molecule has 0 spiro atoms. The molecule has 0 amide bonds. The molecule has 0 saturated carbocycles. The van der Waals surface area contributed by atoms with Crippen LogP contribution < -0.4 is 10.6 Å². The maximum Gasteiger partial charge on any atom is 0.191 e. The maximum atomic E-state index is 10.7. The average Bonchev–Trinajstić information content (AvgIpc) is 3.32. The Kier molecular flexibility index (Phi) is 11.4. The highest BCUT2D eigenvalue weighted by Gasteiger charge is 2.26. The zero-order valence-corrected chi connectivity index (χ0v) is 22.6. The standard InChI is InChI=1S/C24H37N5OS.HI/c1-4-25-23(27-19-24(2,30)22-12-8-17-31-22)26-13-9-14-29-16-15-28(3)18-21(29)20-10-6-5-7-11-20;/h5-8,10-12,17,21,30H,4,9,13-16,18-19H2,1-3H3,(H2,25,26,27);1H. The van der Waals surface area contributed by atoms with Gasteiger partial charge in [0.25, 0.3) is 0 Å². The summed E-state index contributed by atoms with van der Waals surface area (Å²) < 4.78 is 0. The number of rotatable bonds is 9. The van der Waals surface area contributed by atoms with Crippen LogP contribution in [0.3, 0.4) is 0 Å². The van der Waals surface area contributed by atoms with Gasteiger partial charge in [0, 0.05) is 50.2 Å². The van der Waals surface area contributed by atoms with Gasteiger partial charge >= 0.3 is 0 Å². The summed E-state index contributed by atoms with van der Waals surface area (Å²) in [5.74, 6) is 0.761. The number of hydrogen-bond acceptors (Lipinski definition) is 5. The van der Waals surface area contributed by atoms with Crippen LogP contribution in [0.5, 0.6) is 0 Å².